The third-order valence-corrected chi connectivity index (χ3v) is 20.7. The van der Waals surface area contributed by atoms with Crippen molar-refractivity contribution in [3.63, 3.8) is 0 Å². The molecule has 0 aliphatic carbocycles. The Balaban J connectivity index is 2.09. The molecule has 8 heteroatoms. The molecule has 0 radical (unpaired) electrons. The highest BCUT2D eigenvalue weighted by Crippen LogP contribution is 2.41. The lowest BCUT2D eigenvalue weighted by molar-refractivity contribution is 0.00343. The van der Waals surface area contributed by atoms with Crippen molar-refractivity contribution in [1.82, 2.24) is 0 Å². The Kier molecular flexibility index (Phi) is 17.9. The van der Waals surface area contributed by atoms with Crippen molar-refractivity contribution >= 4 is 24.7 Å². The first-order valence-electron chi connectivity index (χ1n) is 19.5. The first kappa shape index (κ1) is 45.9. The van der Waals surface area contributed by atoms with Crippen molar-refractivity contribution in [2.45, 2.75) is 192 Å². The maximum absolute atomic E-state index is 11.1. The van der Waals surface area contributed by atoms with Crippen molar-refractivity contribution < 1.29 is 23.4 Å². The average Bonchev–Trinajstić information content (AvgIpc) is 2.97. The zero-order valence-electron chi connectivity index (χ0n) is 35.2. The second kappa shape index (κ2) is 19.9. The standard InChI is InChI=1S/C43H76O5Si3/c1-34(20-16-22-37-23-18-24-38(46-37)25-19-31-49(9,10)11)32-36(44)21-17-26-40(47-50(12,13)42(3,4)5)41(48-51(14,15)43(6,7)8)28-27-39-33-35(2)29-30-45-39/h17-18,21,24,27-29,36-41,44H,1,16,20,22-23,25-26,30,32-33H2,2-15H3/b21-17+,28-27?/t36-,37-,38+,39-,40+,41+/m1/s1. The third kappa shape index (κ3) is 17.2. The first-order chi connectivity index (χ1) is 23.4. The summed E-state index contributed by atoms with van der Waals surface area (Å²) in [4.78, 5) is 0. The molecule has 2 rings (SSSR count). The van der Waals surface area contributed by atoms with Crippen molar-refractivity contribution in [3.8, 4) is 11.5 Å². The fraction of sp³-hybridized carbons (Fsp3) is 0.721. The van der Waals surface area contributed by atoms with E-state index in [1.54, 1.807) is 0 Å². The van der Waals surface area contributed by atoms with E-state index in [1.165, 1.54) is 5.57 Å². The van der Waals surface area contributed by atoms with Crippen LogP contribution in [0.25, 0.3) is 0 Å². The summed E-state index contributed by atoms with van der Waals surface area (Å²) < 4.78 is 26.7. The van der Waals surface area contributed by atoms with Gasteiger partial charge < -0.3 is 23.4 Å². The maximum Gasteiger partial charge on any atom is 0.193 e. The fourth-order valence-corrected chi connectivity index (χ4v) is 8.79. The van der Waals surface area contributed by atoms with Crippen molar-refractivity contribution in [1.29, 1.82) is 0 Å². The minimum absolute atomic E-state index is 0.0362. The largest absolute Gasteiger partial charge is 0.411 e. The molecule has 1 N–H and O–H groups in total. The zero-order valence-corrected chi connectivity index (χ0v) is 38.2. The molecule has 0 unspecified atom stereocenters. The molecule has 0 aromatic heterocycles. The summed E-state index contributed by atoms with van der Waals surface area (Å²) in [6.45, 7) is 36.9. The molecular formula is C43H76O5Si3. The normalized spacial score (nSPS) is 22.8. The van der Waals surface area contributed by atoms with Gasteiger partial charge in [0.1, 0.15) is 8.07 Å². The molecular weight excluding hydrogens is 681 g/mol. The Morgan fingerprint density at radius 1 is 1.02 bits per heavy atom. The Labute approximate surface area is 317 Å². The summed E-state index contributed by atoms with van der Waals surface area (Å²) in [5, 5.41) is 11.2. The molecule has 0 bridgehead atoms. The predicted octanol–water partition coefficient (Wildman–Crippen LogP) is 11.5. The molecule has 0 amide bonds. The molecule has 0 saturated heterocycles. The van der Waals surface area contributed by atoms with Gasteiger partial charge in [-0.05, 0) is 88.1 Å². The highest BCUT2D eigenvalue weighted by atomic mass is 28.4. The van der Waals surface area contributed by atoms with Crippen LogP contribution >= 0.6 is 0 Å². The van der Waals surface area contributed by atoms with E-state index in [9.17, 15) is 5.11 Å². The monoisotopic (exact) mass is 757 g/mol. The van der Waals surface area contributed by atoms with Crippen molar-refractivity contribution in [2.24, 2.45) is 0 Å². The van der Waals surface area contributed by atoms with E-state index in [0.717, 1.165) is 44.1 Å². The molecule has 6 atom stereocenters. The average molecular weight is 757 g/mol. The number of hydrogen-bond acceptors (Lipinski definition) is 5. The summed E-state index contributed by atoms with van der Waals surface area (Å²) in [5.74, 6) is 3.36. The van der Waals surface area contributed by atoms with Gasteiger partial charge in [0.15, 0.2) is 16.6 Å². The van der Waals surface area contributed by atoms with E-state index in [-0.39, 0.29) is 40.6 Å². The molecule has 0 aromatic rings. The Bertz CT molecular complexity index is 1280. The Morgan fingerprint density at radius 2 is 1.67 bits per heavy atom. The van der Waals surface area contributed by atoms with E-state index in [0.29, 0.717) is 19.4 Å². The molecule has 0 aromatic carbocycles. The minimum Gasteiger partial charge on any atom is -0.411 e. The van der Waals surface area contributed by atoms with Crippen LogP contribution < -0.4 is 0 Å². The highest BCUT2D eigenvalue weighted by molar-refractivity contribution is 6.83. The summed E-state index contributed by atoms with van der Waals surface area (Å²) in [5.41, 5.74) is 5.88. The van der Waals surface area contributed by atoms with Crippen LogP contribution in [0.5, 0.6) is 0 Å². The second-order valence-electron chi connectivity index (χ2n) is 19.1. The zero-order chi connectivity index (χ0) is 38.7. The molecule has 290 valence electrons. The van der Waals surface area contributed by atoms with Crippen LogP contribution in [0.4, 0.5) is 0 Å². The van der Waals surface area contributed by atoms with E-state index >= 15 is 0 Å². The van der Waals surface area contributed by atoms with E-state index in [1.807, 2.05) is 6.08 Å². The topological polar surface area (TPSA) is 57.2 Å². The molecule has 0 spiro atoms. The summed E-state index contributed by atoms with van der Waals surface area (Å²) in [6.07, 6.45) is 21.1. The quantitative estimate of drug-likeness (QED) is 0.0910. The lowest BCUT2D eigenvalue weighted by Crippen LogP contribution is -2.51. The smallest absolute Gasteiger partial charge is 0.193 e. The van der Waals surface area contributed by atoms with Gasteiger partial charge in [0.25, 0.3) is 0 Å². The molecule has 0 saturated carbocycles. The van der Waals surface area contributed by atoms with Gasteiger partial charge in [0, 0.05) is 6.42 Å². The third-order valence-electron chi connectivity index (χ3n) is 10.8. The van der Waals surface area contributed by atoms with Crippen molar-refractivity contribution in [3.05, 3.63) is 60.3 Å². The SMILES string of the molecule is C=C(CCC[C@@H]1CC=C[C@@H](CC#C[Si](C)(C)C)O1)C[C@H](O)/C=C/C[C@H](O[Si](C)(C)C(C)(C)C)[C@H](C=C[C@@H]1CC(C)=CCO1)O[Si](C)(C)C(C)(C)C. The minimum atomic E-state index is -2.15. The van der Waals surface area contributed by atoms with Gasteiger partial charge in [0.2, 0.25) is 0 Å². The fourth-order valence-electron chi connectivity index (χ4n) is 5.56. The molecule has 51 heavy (non-hydrogen) atoms. The van der Waals surface area contributed by atoms with Crippen LogP contribution in [0.2, 0.25) is 55.9 Å². The van der Waals surface area contributed by atoms with Gasteiger partial charge in [-0.25, -0.2) is 0 Å². The molecule has 0 fully saturated rings. The summed E-state index contributed by atoms with van der Waals surface area (Å²) >= 11 is 0. The van der Waals surface area contributed by atoms with Crippen LogP contribution in [0, 0.1) is 11.5 Å². The van der Waals surface area contributed by atoms with Crippen LogP contribution in [0.1, 0.15) is 99.8 Å². The maximum atomic E-state index is 11.1. The Hall–Kier alpha value is -1.29. The lowest BCUT2D eigenvalue weighted by atomic mass is 9.99. The van der Waals surface area contributed by atoms with Crippen LogP contribution in [-0.2, 0) is 18.3 Å². The predicted molar refractivity (Wildman–Crippen MR) is 227 cm³/mol. The van der Waals surface area contributed by atoms with Gasteiger partial charge in [-0.2, -0.15) is 0 Å². The van der Waals surface area contributed by atoms with Gasteiger partial charge in [-0.15, -0.1) is 11.5 Å². The van der Waals surface area contributed by atoms with E-state index < -0.39 is 30.8 Å². The molecule has 2 aliphatic rings. The number of rotatable bonds is 17. The molecule has 5 nitrogen and oxygen atoms in total. The number of hydrogen-bond donors (Lipinski definition) is 1. The number of aliphatic hydroxyl groups is 1. The molecule has 2 aliphatic heterocycles. The highest BCUT2D eigenvalue weighted by Gasteiger charge is 2.44. The van der Waals surface area contributed by atoms with Gasteiger partial charge >= 0.3 is 0 Å². The van der Waals surface area contributed by atoms with Crippen molar-refractivity contribution in [2.75, 3.05) is 6.61 Å². The summed E-state index contributed by atoms with van der Waals surface area (Å²) in [6, 6.07) is 0. The van der Waals surface area contributed by atoms with E-state index in [4.69, 9.17) is 18.3 Å². The molecule has 2 heterocycles. The first-order valence-corrected chi connectivity index (χ1v) is 28.8. The van der Waals surface area contributed by atoms with E-state index in [2.05, 4.69) is 149 Å². The lowest BCUT2D eigenvalue weighted by Gasteiger charge is -2.44. The summed E-state index contributed by atoms with van der Waals surface area (Å²) in [7, 11) is -5.66. The number of aliphatic hydroxyl groups excluding tert-OH is 1. The van der Waals surface area contributed by atoms with Gasteiger partial charge in [-0.1, -0.05) is 121 Å². The van der Waals surface area contributed by atoms with Gasteiger partial charge in [-0.3, -0.25) is 0 Å². The Morgan fingerprint density at radius 3 is 2.27 bits per heavy atom. The van der Waals surface area contributed by atoms with Crippen LogP contribution in [0.15, 0.2) is 60.3 Å². The van der Waals surface area contributed by atoms with Gasteiger partial charge in [0.05, 0.1) is 43.2 Å². The second-order valence-corrected chi connectivity index (χ2v) is 33.3. The van der Waals surface area contributed by atoms with Crippen LogP contribution in [-0.4, -0.2) is 73.0 Å². The number of ether oxygens (including phenoxy) is 2. The van der Waals surface area contributed by atoms with Crippen LogP contribution in [0.3, 0.4) is 0 Å².